The number of benzene rings is 1. The van der Waals surface area contributed by atoms with Gasteiger partial charge in [-0.15, -0.1) is 5.06 Å². The summed E-state index contributed by atoms with van der Waals surface area (Å²) < 4.78 is 0. The molecule has 1 aromatic rings. The second-order valence-corrected chi connectivity index (χ2v) is 6.57. The molecule has 1 heterocycles. The van der Waals surface area contributed by atoms with Crippen LogP contribution in [-0.2, 0) is 15.0 Å². The highest BCUT2D eigenvalue weighted by atomic mass is 16.7. The monoisotopic (exact) mass is 291 g/mol. The van der Waals surface area contributed by atoms with Crippen LogP contribution in [-0.4, -0.2) is 29.2 Å². The van der Waals surface area contributed by atoms with Crippen molar-refractivity contribution < 1.29 is 14.7 Å². The first-order valence-electron chi connectivity index (χ1n) is 7.59. The van der Waals surface area contributed by atoms with Crippen LogP contribution >= 0.6 is 0 Å². The van der Waals surface area contributed by atoms with Crippen molar-refractivity contribution in [2.45, 2.75) is 39.5 Å². The molecule has 1 fully saturated rings. The van der Waals surface area contributed by atoms with Crippen LogP contribution < -0.4 is 0 Å². The average molecular weight is 291 g/mol. The van der Waals surface area contributed by atoms with Crippen molar-refractivity contribution in [1.82, 2.24) is 5.06 Å². The van der Waals surface area contributed by atoms with Crippen LogP contribution in [0.2, 0.25) is 0 Å². The van der Waals surface area contributed by atoms with E-state index in [0.717, 1.165) is 18.5 Å². The highest BCUT2D eigenvalue weighted by Gasteiger charge is 2.39. The van der Waals surface area contributed by atoms with E-state index in [1.165, 1.54) is 0 Å². The molecule has 2 atom stereocenters. The zero-order valence-corrected chi connectivity index (χ0v) is 13.3. The van der Waals surface area contributed by atoms with Gasteiger partial charge in [-0.3, -0.25) is 4.79 Å². The zero-order valence-electron chi connectivity index (χ0n) is 13.3. The predicted octanol–water partition coefficient (Wildman–Crippen LogP) is 3.11. The molecule has 0 radical (unpaired) electrons. The molecular formula is C17H25NO3. The summed E-state index contributed by atoms with van der Waals surface area (Å²) >= 11 is 0. The summed E-state index contributed by atoms with van der Waals surface area (Å²) in [5.41, 5.74) is 1.13. The molecule has 1 aliphatic heterocycles. The number of phenolic OH excluding ortho intramolecular Hbond substituents is 1. The third kappa shape index (κ3) is 3.38. The maximum absolute atomic E-state index is 11.7. The van der Waals surface area contributed by atoms with E-state index in [0.29, 0.717) is 18.2 Å². The summed E-state index contributed by atoms with van der Waals surface area (Å²) in [5.74, 6) is 0.338. The summed E-state index contributed by atoms with van der Waals surface area (Å²) in [7, 11) is 0. The number of rotatable bonds is 3. The van der Waals surface area contributed by atoms with Crippen molar-refractivity contribution in [2.24, 2.45) is 11.8 Å². The second-order valence-electron chi connectivity index (χ2n) is 6.57. The van der Waals surface area contributed by atoms with Gasteiger partial charge in [0.05, 0.1) is 5.92 Å². The van der Waals surface area contributed by atoms with Gasteiger partial charge in [-0.25, -0.2) is 0 Å². The molecule has 2 rings (SSSR count). The van der Waals surface area contributed by atoms with E-state index in [4.69, 9.17) is 4.84 Å². The third-order valence-corrected chi connectivity index (χ3v) is 4.64. The normalized spacial score (nSPS) is 26.8. The minimum absolute atomic E-state index is 0.0144. The number of hydrogen-bond donors (Lipinski definition) is 1. The molecule has 0 spiro atoms. The Labute approximate surface area is 126 Å². The smallest absolute Gasteiger partial charge is 0.327 e. The fourth-order valence-corrected chi connectivity index (χ4v) is 2.81. The molecule has 0 aromatic heterocycles. The van der Waals surface area contributed by atoms with Gasteiger partial charge in [-0.05, 0) is 35.4 Å². The lowest BCUT2D eigenvalue weighted by Gasteiger charge is -2.44. The fraction of sp³-hybridized carbons (Fsp3) is 0.588. The van der Waals surface area contributed by atoms with Gasteiger partial charge < -0.3 is 9.94 Å². The Kier molecular flexibility index (Phi) is 4.57. The minimum Gasteiger partial charge on any atom is -0.508 e. The van der Waals surface area contributed by atoms with Gasteiger partial charge in [-0.1, -0.05) is 39.8 Å². The molecule has 0 amide bonds. The van der Waals surface area contributed by atoms with Crippen molar-refractivity contribution >= 4 is 5.97 Å². The number of carbonyl (C=O) groups excluding carboxylic acids is 1. The third-order valence-electron chi connectivity index (χ3n) is 4.64. The number of hydrogen-bond acceptors (Lipinski definition) is 4. The van der Waals surface area contributed by atoms with Gasteiger partial charge in [0.25, 0.3) is 0 Å². The average Bonchev–Trinajstić information content (AvgIpc) is 2.43. The predicted molar refractivity (Wildman–Crippen MR) is 81.7 cm³/mol. The number of aromatic hydroxyl groups is 1. The Morgan fingerprint density at radius 1 is 1.48 bits per heavy atom. The molecule has 0 saturated carbocycles. The van der Waals surface area contributed by atoms with E-state index < -0.39 is 0 Å². The molecule has 1 N–H and O–H groups in total. The van der Waals surface area contributed by atoms with Crippen LogP contribution in [0.1, 0.15) is 39.7 Å². The summed E-state index contributed by atoms with van der Waals surface area (Å²) in [5, 5.41) is 11.5. The Hall–Kier alpha value is -1.55. The first-order chi connectivity index (χ1) is 9.83. The number of phenols is 1. The fourth-order valence-electron chi connectivity index (χ4n) is 2.81. The summed E-state index contributed by atoms with van der Waals surface area (Å²) in [4.78, 5) is 17.1. The van der Waals surface area contributed by atoms with Crippen LogP contribution in [0.5, 0.6) is 5.75 Å². The van der Waals surface area contributed by atoms with E-state index in [9.17, 15) is 9.90 Å². The lowest BCUT2D eigenvalue weighted by Crippen LogP contribution is -2.48. The quantitative estimate of drug-likeness (QED) is 0.929. The summed E-state index contributed by atoms with van der Waals surface area (Å²) in [6, 6.07) is 7.48. The summed E-state index contributed by atoms with van der Waals surface area (Å²) in [6.07, 6.45) is 0.892. The number of carbonyl (C=O) groups is 1. The summed E-state index contributed by atoms with van der Waals surface area (Å²) in [6.45, 7) is 9.49. The minimum atomic E-state index is -0.178. The van der Waals surface area contributed by atoms with Gasteiger partial charge in [0.1, 0.15) is 5.75 Å². The number of piperidine rings is 1. The van der Waals surface area contributed by atoms with Crippen molar-refractivity contribution in [3.8, 4) is 5.75 Å². The molecule has 1 saturated heterocycles. The van der Waals surface area contributed by atoms with Crippen molar-refractivity contribution in [1.29, 1.82) is 0 Å². The first kappa shape index (κ1) is 15.8. The van der Waals surface area contributed by atoms with Crippen LogP contribution in [0.3, 0.4) is 0 Å². The molecule has 0 bridgehead atoms. The van der Waals surface area contributed by atoms with E-state index in [-0.39, 0.29) is 17.3 Å². The van der Waals surface area contributed by atoms with Crippen LogP contribution in [0.25, 0.3) is 0 Å². The Bertz CT molecular complexity index is 515. The molecule has 0 aliphatic carbocycles. The highest BCUT2D eigenvalue weighted by molar-refractivity contribution is 5.71. The largest absolute Gasteiger partial charge is 0.508 e. The molecular weight excluding hydrogens is 266 g/mol. The number of hydroxylamine groups is 2. The lowest BCUT2D eigenvalue weighted by molar-refractivity contribution is -0.205. The van der Waals surface area contributed by atoms with E-state index in [2.05, 4.69) is 19.9 Å². The zero-order chi connectivity index (χ0) is 15.6. The van der Waals surface area contributed by atoms with E-state index >= 15 is 0 Å². The lowest BCUT2D eigenvalue weighted by atomic mass is 9.68. The Morgan fingerprint density at radius 3 is 2.76 bits per heavy atom. The van der Waals surface area contributed by atoms with Crippen molar-refractivity contribution in [3.63, 3.8) is 0 Å². The highest BCUT2D eigenvalue weighted by Crippen LogP contribution is 2.40. The molecule has 2 unspecified atom stereocenters. The molecule has 116 valence electrons. The van der Waals surface area contributed by atoms with Gasteiger partial charge in [-0.2, -0.15) is 0 Å². The number of nitrogens with zero attached hydrogens (tertiary/aromatic N) is 1. The van der Waals surface area contributed by atoms with E-state index in [1.807, 2.05) is 26.0 Å². The Morgan fingerprint density at radius 2 is 2.19 bits per heavy atom. The van der Waals surface area contributed by atoms with Crippen molar-refractivity contribution in [3.05, 3.63) is 29.8 Å². The first-order valence-corrected chi connectivity index (χ1v) is 7.59. The standard InChI is InChI=1S/C17H25NO3/c1-12(2)16(20)21-18-9-8-17(4,13(3)11-18)14-6-5-7-15(19)10-14/h5-7,10,12-13,19H,8-9,11H2,1-4H3. The SMILES string of the molecule is CC(C)C(=O)ON1CCC(C)(c2cccc(O)c2)C(C)C1. The van der Waals surface area contributed by atoms with Crippen LogP contribution in [0, 0.1) is 11.8 Å². The maximum Gasteiger partial charge on any atom is 0.327 e. The topological polar surface area (TPSA) is 49.8 Å². The molecule has 1 aliphatic rings. The Balaban J connectivity index is 2.08. The van der Waals surface area contributed by atoms with Crippen LogP contribution in [0.15, 0.2) is 24.3 Å². The van der Waals surface area contributed by atoms with Gasteiger partial charge in [0.15, 0.2) is 0 Å². The van der Waals surface area contributed by atoms with Crippen molar-refractivity contribution in [2.75, 3.05) is 13.1 Å². The van der Waals surface area contributed by atoms with Gasteiger partial charge in [0.2, 0.25) is 0 Å². The van der Waals surface area contributed by atoms with Crippen LogP contribution in [0.4, 0.5) is 0 Å². The van der Waals surface area contributed by atoms with E-state index in [1.54, 1.807) is 11.1 Å². The second kappa shape index (κ2) is 6.06. The molecule has 21 heavy (non-hydrogen) atoms. The maximum atomic E-state index is 11.7. The van der Waals surface area contributed by atoms with Gasteiger partial charge >= 0.3 is 5.97 Å². The molecule has 1 aromatic carbocycles. The molecule has 4 heteroatoms. The molecule has 4 nitrogen and oxygen atoms in total. The van der Waals surface area contributed by atoms with Gasteiger partial charge in [0, 0.05) is 13.1 Å².